The van der Waals surface area contributed by atoms with Gasteiger partial charge >= 0.3 is 0 Å². The predicted octanol–water partition coefficient (Wildman–Crippen LogP) is 4.38. The summed E-state index contributed by atoms with van der Waals surface area (Å²) in [7, 11) is 0. The van der Waals surface area contributed by atoms with Crippen molar-refractivity contribution < 1.29 is 4.92 Å². The Morgan fingerprint density at radius 2 is 1.86 bits per heavy atom. The maximum atomic E-state index is 11.0. The number of benzene rings is 2. The van der Waals surface area contributed by atoms with E-state index in [-0.39, 0.29) is 10.6 Å². The predicted molar refractivity (Wildman–Crippen MR) is 114 cm³/mol. The van der Waals surface area contributed by atoms with Crippen LogP contribution < -0.4 is 0 Å². The first kappa shape index (κ1) is 19.7. The minimum Gasteiger partial charge on any atom is -0.299 e. The van der Waals surface area contributed by atoms with Gasteiger partial charge in [-0.2, -0.15) is 0 Å². The van der Waals surface area contributed by atoms with Gasteiger partial charge in [-0.05, 0) is 36.1 Å². The summed E-state index contributed by atoms with van der Waals surface area (Å²) < 4.78 is 3.07. The quantitative estimate of drug-likeness (QED) is 0.407. The van der Waals surface area contributed by atoms with Crippen molar-refractivity contribution in [3.8, 4) is 0 Å². The fourth-order valence-electron chi connectivity index (χ4n) is 3.75. The molecule has 4 rings (SSSR count). The third kappa shape index (κ3) is 5.07. The molecule has 2 aromatic carbocycles. The number of hydrogen-bond acceptors (Lipinski definition) is 5. The molecule has 1 fully saturated rings. The van der Waals surface area contributed by atoms with Gasteiger partial charge in [-0.1, -0.05) is 45.4 Å². The van der Waals surface area contributed by atoms with E-state index in [1.54, 1.807) is 12.1 Å². The fraction of sp³-hybridized carbons (Fsp3) is 0.333. The molecule has 0 spiro atoms. The maximum absolute atomic E-state index is 11.0. The number of rotatable bonds is 6. The molecule has 2 heterocycles. The van der Waals surface area contributed by atoms with Crippen LogP contribution in [0.25, 0.3) is 0 Å². The average molecular weight is 456 g/mol. The van der Waals surface area contributed by atoms with E-state index in [2.05, 4.69) is 49.5 Å². The van der Waals surface area contributed by atoms with E-state index in [9.17, 15) is 10.1 Å². The zero-order valence-electron chi connectivity index (χ0n) is 15.9. The molecule has 0 aliphatic carbocycles. The van der Waals surface area contributed by atoms with E-state index in [4.69, 9.17) is 0 Å². The molecule has 0 atom stereocenters. The average Bonchev–Trinajstić information content (AvgIpc) is 3.19. The van der Waals surface area contributed by atoms with Crippen LogP contribution in [0.3, 0.4) is 0 Å². The fourth-order valence-corrected chi connectivity index (χ4v) is 4.02. The maximum Gasteiger partial charge on any atom is 0.269 e. The Labute approximate surface area is 177 Å². The number of nitro benzene ring substituents is 1. The molecule has 150 valence electrons. The Kier molecular flexibility index (Phi) is 6.01. The normalized spacial score (nSPS) is 15.5. The molecule has 0 unspecified atom stereocenters. The number of non-ortho nitro benzene ring substituents is 1. The van der Waals surface area contributed by atoms with Gasteiger partial charge in [0, 0.05) is 48.9 Å². The molecule has 1 aliphatic rings. The number of aromatic nitrogens is 3. The Balaban J connectivity index is 1.32. The van der Waals surface area contributed by atoms with Crippen molar-refractivity contribution in [2.24, 2.45) is 0 Å². The number of nitrogens with zero attached hydrogens (tertiary/aromatic N) is 5. The molecular weight excluding hydrogens is 434 g/mol. The summed E-state index contributed by atoms with van der Waals surface area (Å²) in [6.07, 6.45) is 4.83. The number of piperidine rings is 1. The highest BCUT2D eigenvalue weighted by molar-refractivity contribution is 9.10. The van der Waals surface area contributed by atoms with Crippen molar-refractivity contribution in [2.45, 2.75) is 31.8 Å². The monoisotopic (exact) mass is 455 g/mol. The van der Waals surface area contributed by atoms with Crippen LogP contribution in [-0.4, -0.2) is 37.9 Å². The van der Waals surface area contributed by atoms with Crippen LogP contribution in [0.15, 0.2) is 59.2 Å². The van der Waals surface area contributed by atoms with Crippen molar-refractivity contribution in [2.75, 3.05) is 13.1 Å². The molecule has 8 heteroatoms. The van der Waals surface area contributed by atoms with Crippen molar-refractivity contribution in [1.82, 2.24) is 19.9 Å². The second kappa shape index (κ2) is 8.84. The van der Waals surface area contributed by atoms with Crippen molar-refractivity contribution in [1.29, 1.82) is 0 Å². The largest absolute Gasteiger partial charge is 0.299 e. The highest BCUT2D eigenvalue weighted by Crippen LogP contribution is 2.24. The second-order valence-corrected chi connectivity index (χ2v) is 8.34. The van der Waals surface area contributed by atoms with E-state index in [1.807, 2.05) is 22.9 Å². The molecule has 0 N–H and O–H groups in total. The van der Waals surface area contributed by atoms with Crippen LogP contribution in [0, 0.1) is 10.1 Å². The standard InChI is InChI=1S/C21H22BrN5O2/c22-18-6-4-16(5-7-18)12-19-15-26(24-23-19)20-8-10-25(11-9-20)14-17-2-1-3-21(13-17)27(28)29/h1-7,13,15,20H,8-12,14H2. The lowest BCUT2D eigenvalue weighted by Crippen LogP contribution is -2.34. The van der Waals surface area contributed by atoms with Crippen LogP contribution >= 0.6 is 15.9 Å². The summed E-state index contributed by atoms with van der Waals surface area (Å²) in [6, 6.07) is 15.5. The van der Waals surface area contributed by atoms with Gasteiger partial charge in [0.1, 0.15) is 0 Å². The lowest BCUT2D eigenvalue weighted by atomic mass is 10.0. The summed E-state index contributed by atoms with van der Waals surface area (Å²) in [5, 5.41) is 19.7. The van der Waals surface area contributed by atoms with E-state index >= 15 is 0 Å². The highest BCUT2D eigenvalue weighted by Gasteiger charge is 2.22. The van der Waals surface area contributed by atoms with Gasteiger partial charge in [0.25, 0.3) is 5.69 Å². The van der Waals surface area contributed by atoms with Gasteiger partial charge in [-0.3, -0.25) is 15.0 Å². The van der Waals surface area contributed by atoms with Gasteiger partial charge in [0.2, 0.25) is 0 Å². The van der Waals surface area contributed by atoms with Gasteiger partial charge in [-0.25, -0.2) is 4.68 Å². The first-order valence-corrected chi connectivity index (χ1v) is 10.5. The van der Waals surface area contributed by atoms with Gasteiger partial charge in [0.15, 0.2) is 0 Å². The molecule has 3 aromatic rings. The van der Waals surface area contributed by atoms with E-state index in [0.29, 0.717) is 6.04 Å². The van der Waals surface area contributed by atoms with Crippen LogP contribution in [0.4, 0.5) is 5.69 Å². The van der Waals surface area contributed by atoms with Crippen molar-refractivity contribution >= 4 is 21.6 Å². The molecule has 29 heavy (non-hydrogen) atoms. The highest BCUT2D eigenvalue weighted by atomic mass is 79.9. The third-order valence-electron chi connectivity index (χ3n) is 5.32. The first-order chi connectivity index (χ1) is 14.1. The molecule has 0 radical (unpaired) electrons. The number of halogens is 1. The smallest absolute Gasteiger partial charge is 0.269 e. The third-order valence-corrected chi connectivity index (χ3v) is 5.84. The second-order valence-electron chi connectivity index (χ2n) is 7.43. The lowest BCUT2D eigenvalue weighted by Gasteiger charge is -2.31. The first-order valence-electron chi connectivity index (χ1n) is 9.67. The van der Waals surface area contributed by atoms with Crippen LogP contribution in [-0.2, 0) is 13.0 Å². The van der Waals surface area contributed by atoms with E-state index in [1.165, 1.54) is 11.6 Å². The van der Waals surface area contributed by atoms with Crippen LogP contribution in [0.1, 0.15) is 35.7 Å². The summed E-state index contributed by atoms with van der Waals surface area (Å²) in [5.41, 5.74) is 3.33. The molecular formula is C21H22BrN5O2. The SMILES string of the molecule is O=[N+]([O-])c1cccc(CN2CCC(n3cc(Cc4ccc(Br)cc4)nn3)CC2)c1. The number of nitro groups is 1. The summed E-state index contributed by atoms with van der Waals surface area (Å²) in [6.45, 7) is 2.62. The minimum atomic E-state index is -0.341. The summed E-state index contributed by atoms with van der Waals surface area (Å²) in [5.74, 6) is 0. The van der Waals surface area contributed by atoms with Gasteiger partial charge in [0.05, 0.1) is 16.7 Å². The summed E-state index contributed by atoms with van der Waals surface area (Å²) >= 11 is 3.46. The molecule has 0 saturated carbocycles. The Morgan fingerprint density at radius 3 is 2.59 bits per heavy atom. The molecule has 0 bridgehead atoms. The van der Waals surface area contributed by atoms with E-state index in [0.717, 1.165) is 54.6 Å². The zero-order valence-corrected chi connectivity index (χ0v) is 17.5. The Bertz CT molecular complexity index is 981. The molecule has 7 nitrogen and oxygen atoms in total. The molecule has 0 amide bonds. The number of hydrogen-bond donors (Lipinski definition) is 0. The Morgan fingerprint density at radius 1 is 1.10 bits per heavy atom. The van der Waals surface area contributed by atoms with E-state index < -0.39 is 0 Å². The summed E-state index contributed by atoms with van der Waals surface area (Å²) in [4.78, 5) is 13.0. The van der Waals surface area contributed by atoms with Crippen molar-refractivity contribution in [3.63, 3.8) is 0 Å². The minimum absolute atomic E-state index is 0.151. The van der Waals surface area contributed by atoms with Crippen LogP contribution in [0.2, 0.25) is 0 Å². The Hall–Kier alpha value is -2.58. The molecule has 1 aromatic heterocycles. The molecule has 1 aliphatic heterocycles. The number of likely N-dealkylation sites (tertiary alicyclic amines) is 1. The topological polar surface area (TPSA) is 77.1 Å². The van der Waals surface area contributed by atoms with Gasteiger partial charge < -0.3 is 0 Å². The molecule has 1 saturated heterocycles. The zero-order chi connectivity index (χ0) is 20.2. The van der Waals surface area contributed by atoms with Crippen LogP contribution in [0.5, 0.6) is 0 Å². The van der Waals surface area contributed by atoms with Crippen molar-refractivity contribution in [3.05, 3.63) is 86.1 Å². The lowest BCUT2D eigenvalue weighted by molar-refractivity contribution is -0.384. The van der Waals surface area contributed by atoms with Gasteiger partial charge in [-0.15, -0.1) is 5.10 Å².